The zero-order valence-corrected chi connectivity index (χ0v) is 13.0. The van der Waals surface area contributed by atoms with E-state index in [-0.39, 0.29) is 5.91 Å². The molecule has 1 fully saturated rings. The number of carboxylic acids is 1. The predicted octanol–water partition coefficient (Wildman–Crippen LogP) is 3.50. The molecule has 1 aromatic carbocycles. The van der Waals surface area contributed by atoms with Gasteiger partial charge in [-0.2, -0.15) is 0 Å². The second kappa shape index (κ2) is 5.51. The van der Waals surface area contributed by atoms with E-state index in [1.807, 2.05) is 38.1 Å². The van der Waals surface area contributed by atoms with Crippen LogP contribution in [0.4, 0.5) is 5.69 Å². The largest absolute Gasteiger partial charge is 0.481 e. The van der Waals surface area contributed by atoms with Crippen LogP contribution in [-0.2, 0) is 9.59 Å². The summed E-state index contributed by atoms with van der Waals surface area (Å²) < 4.78 is 0. The molecule has 2 N–H and O–H groups in total. The molecule has 1 aromatic rings. The van der Waals surface area contributed by atoms with Gasteiger partial charge in [0.25, 0.3) is 0 Å². The number of carbonyl (C=O) groups excluding carboxylic acids is 1. The van der Waals surface area contributed by atoms with Crippen LogP contribution in [-0.4, -0.2) is 17.0 Å². The molecule has 1 aliphatic carbocycles. The molecule has 4 heteroatoms. The molecule has 0 heterocycles. The standard InChI is InChI=1S/C17H23NO3/c1-5-10(2)11-6-8-12(9-7-11)18-15(19)13-14(16(20)21)17(13,3)4/h6-10,13-14H,5H2,1-4H3,(H,18,19)(H,20,21). The Balaban J connectivity index is 2.03. The van der Waals surface area contributed by atoms with Crippen molar-refractivity contribution in [3.8, 4) is 0 Å². The van der Waals surface area contributed by atoms with E-state index in [4.69, 9.17) is 5.11 Å². The maximum absolute atomic E-state index is 12.2. The van der Waals surface area contributed by atoms with Gasteiger partial charge in [-0.05, 0) is 35.4 Å². The van der Waals surface area contributed by atoms with Crippen LogP contribution in [0.15, 0.2) is 24.3 Å². The summed E-state index contributed by atoms with van der Waals surface area (Å²) in [5.74, 6) is -1.65. The van der Waals surface area contributed by atoms with Crippen molar-refractivity contribution >= 4 is 17.6 Å². The van der Waals surface area contributed by atoms with Crippen molar-refractivity contribution in [2.75, 3.05) is 5.32 Å². The smallest absolute Gasteiger partial charge is 0.307 e. The van der Waals surface area contributed by atoms with Gasteiger partial charge in [-0.3, -0.25) is 9.59 Å². The van der Waals surface area contributed by atoms with Crippen molar-refractivity contribution in [1.29, 1.82) is 0 Å². The number of carboxylic acid groups (broad SMARTS) is 1. The van der Waals surface area contributed by atoms with Crippen molar-refractivity contribution in [1.82, 2.24) is 0 Å². The van der Waals surface area contributed by atoms with Crippen LogP contribution < -0.4 is 5.32 Å². The molecule has 2 rings (SSSR count). The Morgan fingerprint density at radius 1 is 1.24 bits per heavy atom. The minimum Gasteiger partial charge on any atom is -0.481 e. The highest BCUT2D eigenvalue weighted by atomic mass is 16.4. The quantitative estimate of drug-likeness (QED) is 0.872. The van der Waals surface area contributed by atoms with Crippen molar-refractivity contribution in [3.05, 3.63) is 29.8 Å². The molecular formula is C17H23NO3. The predicted molar refractivity (Wildman–Crippen MR) is 82.2 cm³/mol. The topological polar surface area (TPSA) is 66.4 Å². The van der Waals surface area contributed by atoms with Gasteiger partial charge in [-0.25, -0.2) is 0 Å². The molecule has 1 amide bonds. The number of carbonyl (C=O) groups is 2. The molecule has 0 aromatic heterocycles. The first-order chi connectivity index (χ1) is 9.78. The van der Waals surface area contributed by atoms with E-state index >= 15 is 0 Å². The van der Waals surface area contributed by atoms with Crippen molar-refractivity contribution in [2.45, 2.75) is 40.0 Å². The second-order valence-electron chi connectivity index (χ2n) is 6.54. The number of hydrogen-bond acceptors (Lipinski definition) is 2. The molecule has 3 atom stereocenters. The van der Waals surface area contributed by atoms with E-state index < -0.39 is 23.2 Å². The first-order valence-electron chi connectivity index (χ1n) is 7.42. The first-order valence-corrected chi connectivity index (χ1v) is 7.42. The average Bonchev–Trinajstić information content (AvgIpc) is 3.02. The zero-order valence-electron chi connectivity index (χ0n) is 13.0. The number of aliphatic carboxylic acids is 1. The number of benzene rings is 1. The van der Waals surface area contributed by atoms with Gasteiger partial charge in [0.2, 0.25) is 5.91 Å². The lowest BCUT2D eigenvalue weighted by Crippen LogP contribution is -2.17. The lowest BCUT2D eigenvalue weighted by Gasteiger charge is -2.11. The summed E-state index contributed by atoms with van der Waals surface area (Å²) in [6, 6.07) is 7.78. The summed E-state index contributed by atoms with van der Waals surface area (Å²) in [5, 5.41) is 11.9. The van der Waals surface area contributed by atoms with Gasteiger partial charge in [0.05, 0.1) is 11.8 Å². The molecule has 114 valence electrons. The molecule has 0 radical (unpaired) electrons. The molecule has 0 bridgehead atoms. The van der Waals surface area contributed by atoms with Crippen LogP contribution in [0.1, 0.15) is 45.6 Å². The van der Waals surface area contributed by atoms with Gasteiger partial charge in [-0.15, -0.1) is 0 Å². The molecular weight excluding hydrogens is 266 g/mol. The number of hydrogen-bond donors (Lipinski definition) is 2. The highest BCUT2D eigenvalue weighted by Gasteiger charge is 2.65. The van der Waals surface area contributed by atoms with Crippen LogP contribution in [0.25, 0.3) is 0 Å². The summed E-state index contributed by atoms with van der Waals surface area (Å²) in [7, 11) is 0. The average molecular weight is 289 g/mol. The van der Waals surface area contributed by atoms with Gasteiger partial charge >= 0.3 is 5.97 Å². The van der Waals surface area contributed by atoms with Crippen LogP contribution in [0.2, 0.25) is 0 Å². The minimum absolute atomic E-state index is 0.205. The van der Waals surface area contributed by atoms with Gasteiger partial charge < -0.3 is 10.4 Å². The number of rotatable bonds is 5. The maximum atomic E-state index is 12.2. The molecule has 21 heavy (non-hydrogen) atoms. The van der Waals surface area contributed by atoms with Gasteiger partial charge in [-0.1, -0.05) is 39.8 Å². The van der Waals surface area contributed by atoms with Gasteiger partial charge in [0.15, 0.2) is 0 Å². The maximum Gasteiger partial charge on any atom is 0.307 e. The third-order valence-corrected chi connectivity index (χ3v) is 4.74. The molecule has 3 unspecified atom stereocenters. The van der Waals surface area contributed by atoms with Gasteiger partial charge in [0, 0.05) is 5.69 Å². The normalized spacial score (nSPS) is 24.2. The molecule has 0 saturated heterocycles. The zero-order chi connectivity index (χ0) is 15.8. The van der Waals surface area contributed by atoms with Gasteiger partial charge in [0.1, 0.15) is 0 Å². The summed E-state index contributed by atoms with van der Waals surface area (Å²) in [5.41, 5.74) is 1.50. The summed E-state index contributed by atoms with van der Waals surface area (Å²) in [6.07, 6.45) is 1.07. The molecule has 1 aliphatic rings. The summed E-state index contributed by atoms with van der Waals surface area (Å²) in [6.45, 7) is 7.95. The fraction of sp³-hybridized carbons (Fsp3) is 0.529. The molecule has 4 nitrogen and oxygen atoms in total. The van der Waals surface area contributed by atoms with Crippen LogP contribution in [0.5, 0.6) is 0 Å². The lowest BCUT2D eigenvalue weighted by molar-refractivity contribution is -0.140. The lowest BCUT2D eigenvalue weighted by atomic mass is 9.98. The van der Waals surface area contributed by atoms with Crippen LogP contribution in [0, 0.1) is 17.3 Å². The minimum atomic E-state index is -0.896. The Hall–Kier alpha value is -1.84. The Bertz CT molecular complexity index is 548. The van der Waals surface area contributed by atoms with Crippen molar-refractivity contribution < 1.29 is 14.7 Å². The van der Waals surface area contributed by atoms with E-state index in [2.05, 4.69) is 19.2 Å². The van der Waals surface area contributed by atoms with E-state index in [0.717, 1.165) is 12.1 Å². The monoisotopic (exact) mass is 289 g/mol. The Morgan fingerprint density at radius 3 is 2.24 bits per heavy atom. The Labute approximate surface area is 125 Å². The number of nitrogens with one attached hydrogen (secondary N) is 1. The van der Waals surface area contributed by atoms with E-state index in [1.165, 1.54) is 5.56 Å². The van der Waals surface area contributed by atoms with Crippen molar-refractivity contribution in [3.63, 3.8) is 0 Å². The van der Waals surface area contributed by atoms with E-state index in [1.54, 1.807) is 0 Å². The fourth-order valence-electron chi connectivity index (χ4n) is 2.94. The van der Waals surface area contributed by atoms with Crippen LogP contribution >= 0.6 is 0 Å². The third kappa shape index (κ3) is 2.94. The van der Waals surface area contributed by atoms with Crippen molar-refractivity contribution in [2.24, 2.45) is 17.3 Å². The molecule has 1 saturated carbocycles. The molecule has 0 spiro atoms. The number of anilines is 1. The summed E-state index contributed by atoms with van der Waals surface area (Å²) >= 11 is 0. The Kier molecular flexibility index (Phi) is 4.08. The SMILES string of the molecule is CCC(C)c1ccc(NC(=O)C2C(C(=O)O)C2(C)C)cc1. The Morgan fingerprint density at radius 2 is 1.81 bits per heavy atom. The summed E-state index contributed by atoms with van der Waals surface area (Å²) in [4.78, 5) is 23.3. The van der Waals surface area contributed by atoms with E-state index in [0.29, 0.717) is 5.92 Å². The highest BCUT2D eigenvalue weighted by Crippen LogP contribution is 2.58. The van der Waals surface area contributed by atoms with E-state index in [9.17, 15) is 9.59 Å². The second-order valence-corrected chi connectivity index (χ2v) is 6.54. The first kappa shape index (κ1) is 15.5. The highest BCUT2D eigenvalue weighted by molar-refractivity contribution is 5.99. The molecule has 0 aliphatic heterocycles. The van der Waals surface area contributed by atoms with Crippen LogP contribution in [0.3, 0.4) is 0 Å². The third-order valence-electron chi connectivity index (χ3n) is 4.74. The number of amides is 1. The fourth-order valence-corrected chi connectivity index (χ4v) is 2.94.